The van der Waals surface area contributed by atoms with Crippen LogP contribution < -0.4 is 15.2 Å². The number of carbonyl (C=O) groups excluding carboxylic acids is 1. The first-order valence-electron chi connectivity index (χ1n) is 10.6. The fraction of sp³-hybridized carbons (Fsp3) is 0.478. The molecule has 1 saturated heterocycles. The second kappa shape index (κ2) is 8.93. The number of rotatable bonds is 7. The van der Waals surface area contributed by atoms with Crippen molar-refractivity contribution in [2.75, 3.05) is 31.9 Å². The number of benzene rings is 1. The Morgan fingerprint density at radius 1 is 1.23 bits per heavy atom. The maximum absolute atomic E-state index is 12.7. The van der Waals surface area contributed by atoms with Crippen LogP contribution in [0.25, 0.3) is 11.3 Å². The molecule has 0 spiro atoms. The molecule has 2 aliphatic rings. The monoisotopic (exact) mass is 446 g/mol. The maximum atomic E-state index is 12.7. The number of halogens is 1. The van der Waals surface area contributed by atoms with E-state index in [1.165, 1.54) is 6.07 Å². The van der Waals surface area contributed by atoms with Crippen molar-refractivity contribution in [3.05, 3.63) is 50.8 Å². The predicted molar refractivity (Wildman–Crippen MR) is 119 cm³/mol. The topological polar surface area (TPSA) is 70.0 Å². The van der Waals surface area contributed by atoms with Gasteiger partial charge in [0.15, 0.2) is 5.43 Å². The molecule has 31 heavy (non-hydrogen) atoms. The van der Waals surface area contributed by atoms with Crippen molar-refractivity contribution in [1.29, 1.82) is 0 Å². The average Bonchev–Trinajstić information content (AvgIpc) is 3.13. The number of hydrogen-bond donors (Lipinski definition) is 0. The van der Waals surface area contributed by atoms with Gasteiger partial charge < -0.3 is 19.2 Å². The Hall–Kier alpha value is -2.51. The van der Waals surface area contributed by atoms with Gasteiger partial charge >= 0.3 is 5.97 Å². The van der Waals surface area contributed by atoms with E-state index in [1.807, 2.05) is 16.8 Å². The SMILES string of the molecule is CCOC(=O)c1cn2c(cc1=O)-c1cc(Cl)c(OCCCOC)cc1C1CCC(C)N12. The molecule has 2 aliphatic heterocycles. The molecule has 2 atom stereocenters. The van der Waals surface area contributed by atoms with E-state index in [1.54, 1.807) is 20.2 Å². The van der Waals surface area contributed by atoms with Crippen molar-refractivity contribution in [3.63, 3.8) is 0 Å². The highest BCUT2D eigenvalue weighted by Gasteiger charge is 2.39. The van der Waals surface area contributed by atoms with Crippen LogP contribution in [0.5, 0.6) is 5.75 Å². The van der Waals surface area contributed by atoms with E-state index >= 15 is 0 Å². The van der Waals surface area contributed by atoms with Gasteiger partial charge in [0, 0.05) is 44.0 Å². The van der Waals surface area contributed by atoms with Crippen molar-refractivity contribution in [1.82, 2.24) is 4.68 Å². The molecular formula is C23H27ClN2O5. The van der Waals surface area contributed by atoms with Crippen LogP contribution in [-0.4, -0.2) is 43.6 Å². The van der Waals surface area contributed by atoms with Crippen molar-refractivity contribution in [2.45, 2.75) is 45.2 Å². The number of nitrogens with zero attached hydrogens (tertiary/aromatic N) is 2. The minimum absolute atomic E-state index is 0.0380. The molecule has 4 rings (SSSR count). The van der Waals surface area contributed by atoms with Gasteiger partial charge in [-0.2, -0.15) is 0 Å². The quantitative estimate of drug-likeness (QED) is 0.474. The highest BCUT2D eigenvalue weighted by Crippen LogP contribution is 2.46. The minimum Gasteiger partial charge on any atom is -0.492 e. The van der Waals surface area contributed by atoms with Crippen LogP contribution in [0.2, 0.25) is 5.02 Å². The molecule has 1 aromatic heterocycles. The Kier molecular flexibility index (Phi) is 6.25. The number of ether oxygens (including phenoxy) is 3. The Morgan fingerprint density at radius 3 is 2.77 bits per heavy atom. The molecular weight excluding hydrogens is 420 g/mol. The van der Waals surface area contributed by atoms with E-state index in [4.69, 9.17) is 25.8 Å². The second-order valence-electron chi connectivity index (χ2n) is 7.89. The molecule has 0 N–H and O–H groups in total. The van der Waals surface area contributed by atoms with Crippen LogP contribution in [0.15, 0.2) is 29.2 Å². The Morgan fingerprint density at radius 2 is 2.03 bits per heavy atom. The lowest BCUT2D eigenvalue weighted by atomic mass is 9.94. The van der Waals surface area contributed by atoms with Gasteiger partial charge in [0.05, 0.1) is 30.0 Å². The smallest absolute Gasteiger partial charge is 0.343 e. The van der Waals surface area contributed by atoms with Crippen LogP contribution >= 0.6 is 11.6 Å². The van der Waals surface area contributed by atoms with E-state index in [-0.39, 0.29) is 29.7 Å². The lowest BCUT2D eigenvalue weighted by Gasteiger charge is -2.40. The van der Waals surface area contributed by atoms with Gasteiger partial charge in [-0.15, -0.1) is 0 Å². The molecule has 0 amide bonds. The van der Waals surface area contributed by atoms with Crippen LogP contribution in [0.4, 0.5) is 0 Å². The first kappa shape index (κ1) is 21.7. The van der Waals surface area contributed by atoms with Crippen molar-refractivity contribution >= 4 is 17.6 Å². The molecule has 0 saturated carbocycles. The molecule has 3 heterocycles. The van der Waals surface area contributed by atoms with E-state index < -0.39 is 5.97 Å². The Balaban J connectivity index is 1.80. The fourth-order valence-electron chi connectivity index (χ4n) is 4.47. The Bertz CT molecular complexity index is 1050. The zero-order valence-electron chi connectivity index (χ0n) is 18.0. The summed E-state index contributed by atoms with van der Waals surface area (Å²) in [5.41, 5.74) is 2.36. The number of aromatic nitrogens is 1. The van der Waals surface area contributed by atoms with E-state index in [0.29, 0.717) is 29.7 Å². The third-order valence-corrected chi connectivity index (χ3v) is 6.19. The van der Waals surface area contributed by atoms with Crippen molar-refractivity contribution < 1.29 is 19.0 Å². The molecule has 0 aliphatic carbocycles. The molecule has 0 bridgehead atoms. The van der Waals surface area contributed by atoms with E-state index in [9.17, 15) is 9.59 Å². The molecule has 166 valence electrons. The summed E-state index contributed by atoms with van der Waals surface area (Å²) in [6, 6.07) is 5.71. The van der Waals surface area contributed by atoms with Gasteiger partial charge in [0.25, 0.3) is 0 Å². The summed E-state index contributed by atoms with van der Waals surface area (Å²) in [4.78, 5) is 25.1. The number of methoxy groups -OCH3 is 1. The standard InChI is InChI=1S/C23H27ClN2O5/c1-4-30-23(28)17-13-25-20(12-21(17)27)15-10-18(24)22(31-9-5-8-29-3)11-16(15)19-7-6-14(2)26(19)25/h10-14,19H,4-9H2,1-3H3. The zero-order chi connectivity index (χ0) is 22.1. The van der Waals surface area contributed by atoms with Crippen molar-refractivity contribution in [2.24, 2.45) is 0 Å². The molecule has 2 unspecified atom stereocenters. The second-order valence-corrected chi connectivity index (χ2v) is 8.30. The van der Waals surface area contributed by atoms with E-state index in [0.717, 1.165) is 30.4 Å². The van der Waals surface area contributed by atoms with Gasteiger partial charge in [0.1, 0.15) is 11.3 Å². The molecule has 8 heteroatoms. The first-order chi connectivity index (χ1) is 15.0. The third-order valence-electron chi connectivity index (χ3n) is 5.89. The van der Waals surface area contributed by atoms with Gasteiger partial charge in [-0.1, -0.05) is 11.6 Å². The number of pyridine rings is 1. The minimum atomic E-state index is -0.602. The summed E-state index contributed by atoms with van der Waals surface area (Å²) in [6.45, 7) is 5.22. The molecule has 1 fully saturated rings. The number of carbonyl (C=O) groups is 1. The van der Waals surface area contributed by atoms with Crippen LogP contribution in [0.1, 0.15) is 55.1 Å². The lowest BCUT2D eigenvalue weighted by molar-refractivity contribution is 0.0523. The van der Waals surface area contributed by atoms with Gasteiger partial charge in [-0.3, -0.25) is 9.47 Å². The summed E-state index contributed by atoms with van der Waals surface area (Å²) in [7, 11) is 1.66. The first-order valence-corrected chi connectivity index (χ1v) is 11.0. The van der Waals surface area contributed by atoms with Gasteiger partial charge in [-0.05, 0) is 44.4 Å². The number of hydrogen-bond acceptors (Lipinski definition) is 6. The summed E-state index contributed by atoms with van der Waals surface area (Å²) in [5.74, 6) is 0.0322. The highest BCUT2D eigenvalue weighted by molar-refractivity contribution is 6.32. The molecule has 1 aromatic carbocycles. The molecule has 2 aromatic rings. The van der Waals surface area contributed by atoms with Crippen LogP contribution in [-0.2, 0) is 9.47 Å². The third kappa shape index (κ3) is 3.92. The summed E-state index contributed by atoms with van der Waals surface area (Å²) in [5, 5.41) is 2.71. The van der Waals surface area contributed by atoms with Crippen LogP contribution in [0.3, 0.4) is 0 Å². The lowest BCUT2D eigenvalue weighted by Crippen LogP contribution is -2.43. The van der Waals surface area contributed by atoms with Crippen molar-refractivity contribution in [3.8, 4) is 17.0 Å². The summed E-state index contributed by atoms with van der Waals surface area (Å²) < 4.78 is 18.0. The fourth-order valence-corrected chi connectivity index (χ4v) is 4.69. The van der Waals surface area contributed by atoms with Gasteiger partial charge in [0.2, 0.25) is 0 Å². The normalized spacial score (nSPS) is 18.9. The zero-order valence-corrected chi connectivity index (χ0v) is 18.8. The van der Waals surface area contributed by atoms with Crippen LogP contribution in [0, 0.1) is 0 Å². The number of esters is 1. The highest BCUT2D eigenvalue weighted by atomic mass is 35.5. The average molecular weight is 447 g/mol. The summed E-state index contributed by atoms with van der Waals surface area (Å²) in [6.07, 6.45) is 4.33. The maximum Gasteiger partial charge on any atom is 0.343 e. The largest absolute Gasteiger partial charge is 0.492 e. The number of fused-ring (bicyclic) bond motifs is 6. The van der Waals surface area contributed by atoms with Gasteiger partial charge in [-0.25, -0.2) is 4.79 Å². The summed E-state index contributed by atoms with van der Waals surface area (Å²) >= 11 is 6.54. The predicted octanol–water partition coefficient (Wildman–Crippen LogP) is 3.94. The Labute approximate surface area is 186 Å². The molecule has 7 nitrogen and oxygen atoms in total. The molecule has 0 radical (unpaired) electrons. The van der Waals surface area contributed by atoms with E-state index in [2.05, 4.69) is 11.9 Å².